The van der Waals surface area contributed by atoms with Gasteiger partial charge in [0.1, 0.15) is 41.1 Å². The van der Waals surface area contributed by atoms with Crippen LogP contribution in [0.4, 0.5) is 0 Å². The molecule has 5 unspecified atom stereocenters. The average molecular weight is 821 g/mol. The summed E-state index contributed by atoms with van der Waals surface area (Å²) in [6.45, 7) is 4.42. The first-order chi connectivity index (χ1) is 26.4. The van der Waals surface area contributed by atoms with E-state index in [9.17, 15) is 19.2 Å². The highest BCUT2D eigenvalue weighted by Gasteiger charge is 2.53. The van der Waals surface area contributed by atoms with Crippen LogP contribution >= 0.6 is 15.9 Å². The van der Waals surface area contributed by atoms with Crippen LogP contribution in [0.3, 0.4) is 0 Å². The molecule has 288 valence electrons. The highest BCUT2D eigenvalue weighted by Crippen LogP contribution is 2.32. The van der Waals surface area contributed by atoms with Gasteiger partial charge in [0, 0.05) is 40.3 Å². The zero-order chi connectivity index (χ0) is 39.1. The van der Waals surface area contributed by atoms with E-state index in [0.717, 1.165) is 37.6 Å². The molecule has 0 saturated carbocycles. The molecule has 0 spiro atoms. The fourth-order valence-electron chi connectivity index (χ4n) is 6.09. The third-order valence-electron chi connectivity index (χ3n) is 8.31. The lowest BCUT2D eigenvalue weighted by molar-refractivity contribution is -0.288. The Morgan fingerprint density at radius 1 is 0.745 bits per heavy atom. The maximum Gasteiger partial charge on any atom is 0.303 e. The molecule has 6 rings (SSSR count). The number of ether oxygens (including phenoxy) is 7. The van der Waals surface area contributed by atoms with Gasteiger partial charge in [-0.05, 0) is 51.3 Å². The van der Waals surface area contributed by atoms with E-state index in [-0.39, 0.29) is 13.2 Å². The molecular formula is C39H38BrN3O12. The number of carbonyl (C=O) groups is 4. The number of nitrogens with zero attached hydrogens (tertiary/aromatic N) is 3. The molecule has 4 heterocycles. The Labute approximate surface area is 323 Å². The quantitative estimate of drug-likeness (QED) is 0.104. The summed E-state index contributed by atoms with van der Waals surface area (Å²) in [6.07, 6.45) is -2.19. The third kappa shape index (κ3) is 10.1. The zero-order valence-electron chi connectivity index (χ0n) is 30.3. The number of imidazole rings is 1. The largest absolute Gasteiger partial charge is 0.472 e. The van der Waals surface area contributed by atoms with E-state index in [1.165, 1.54) is 6.92 Å². The van der Waals surface area contributed by atoms with Crippen LogP contribution in [0, 0.1) is 0 Å². The van der Waals surface area contributed by atoms with Gasteiger partial charge in [0.25, 0.3) is 0 Å². The molecule has 0 radical (unpaired) electrons. The van der Waals surface area contributed by atoms with Crippen molar-refractivity contribution in [2.75, 3.05) is 6.61 Å². The van der Waals surface area contributed by atoms with E-state index in [4.69, 9.17) is 47.5 Å². The van der Waals surface area contributed by atoms with Crippen LogP contribution in [-0.2, 0) is 62.3 Å². The Hall–Kier alpha value is -5.74. The highest BCUT2D eigenvalue weighted by atomic mass is 79.9. The Kier molecular flexibility index (Phi) is 12.5. The molecule has 3 aromatic heterocycles. The van der Waals surface area contributed by atoms with Crippen LogP contribution in [0.1, 0.15) is 56.0 Å². The summed E-state index contributed by atoms with van der Waals surface area (Å²) in [5.41, 5.74) is 3.93. The number of furan rings is 1. The number of carbonyl (C=O) groups excluding carboxylic acids is 4. The van der Waals surface area contributed by atoms with Gasteiger partial charge in [-0.3, -0.25) is 23.6 Å². The van der Waals surface area contributed by atoms with Gasteiger partial charge in [0.15, 0.2) is 17.9 Å². The van der Waals surface area contributed by atoms with Gasteiger partial charge in [-0.15, -0.1) is 0 Å². The fraction of sp³-hybridized carbons (Fsp3) is 0.333. The second kappa shape index (κ2) is 17.6. The first-order valence-electron chi connectivity index (χ1n) is 17.2. The van der Waals surface area contributed by atoms with E-state index in [0.29, 0.717) is 46.2 Å². The topological polar surface area (TPSA) is 176 Å². The number of hydrogen-bond donors (Lipinski definition) is 0. The van der Waals surface area contributed by atoms with Gasteiger partial charge in [0.2, 0.25) is 18.3 Å². The van der Waals surface area contributed by atoms with Crippen LogP contribution in [-0.4, -0.2) is 75.6 Å². The molecular weight excluding hydrogens is 782 g/mol. The molecule has 0 bridgehead atoms. The van der Waals surface area contributed by atoms with Crippen molar-refractivity contribution in [2.45, 2.75) is 77.8 Å². The maximum atomic E-state index is 12.2. The van der Waals surface area contributed by atoms with Crippen molar-refractivity contribution >= 4 is 45.5 Å². The number of rotatable bonds is 14. The minimum atomic E-state index is -1.37. The van der Waals surface area contributed by atoms with Gasteiger partial charge in [-0.25, -0.2) is 9.97 Å². The average Bonchev–Trinajstić information content (AvgIpc) is 3.77. The Morgan fingerprint density at radius 2 is 1.44 bits per heavy atom. The van der Waals surface area contributed by atoms with E-state index < -0.39 is 54.6 Å². The predicted octanol–water partition coefficient (Wildman–Crippen LogP) is 5.31. The van der Waals surface area contributed by atoms with Gasteiger partial charge in [-0.1, -0.05) is 42.5 Å². The number of aromatic nitrogens is 3. The Morgan fingerprint density at radius 3 is 2.09 bits per heavy atom. The normalized spacial score (nSPS) is 19.3. The highest BCUT2D eigenvalue weighted by molar-refractivity contribution is 9.10. The lowest BCUT2D eigenvalue weighted by Crippen LogP contribution is -2.63. The monoisotopic (exact) mass is 819 g/mol. The molecule has 0 N–H and O–H groups in total. The minimum absolute atomic E-state index is 0.145. The summed E-state index contributed by atoms with van der Waals surface area (Å²) in [5, 5.41) is 0. The van der Waals surface area contributed by atoms with Gasteiger partial charge < -0.3 is 37.6 Å². The van der Waals surface area contributed by atoms with Crippen LogP contribution in [0.15, 0.2) is 88.2 Å². The van der Waals surface area contributed by atoms with Gasteiger partial charge >= 0.3 is 23.9 Å². The molecule has 2 aromatic carbocycles. The maximum absolute atomic E-state index is 12.2. The first-order valence-corrected chi connectivity index (χ1v) is 18.0. The summed E-state index contributed by atoms with van der Waals surface area (Å²) < 4.78 is 48.3. The zero-order valence-corrected chi connectivity index (χ0v) is 31.9. The standard InChI is InChI=1S/C39H38BrN3O12/c1-22(44)49-21-32-34(51-23(2)45)35(52-24(3)46)36(53-25(4)47)39(55-32)54-28-14-12-27(13-15-28)20-50-38-31(18-29-11-8-16-48-29)42-37-30(41-33(40)19-43(37)38)17-26-9-6-5-7-10-26/h5-16,19,32,34-36,39H,17-18,20-21H2,1-4H3. The summed E-state index contributed by atoms with van der Waals surface area (Å²) in [5.74, 6) is -1.31. The van der Waals surface area contributed by atoms with Crippen molar-refractivity contribution in [1.82, 2.24) is 14.4 Å². The third-order valence-corrected chi connectivity index (χ3v) is 8.69. The van der Waals surface area contributed by atoms with Crippen molar-refractivity contribution in [3.8, 4) is 11.6 Å². The molecule has 15 nitrogen and oxygen atoms in total. The molecule has 5 atom stereocenters. The van der Waals surface area contributed by atoms with Crippen molar-refractivity contribution in [1.29, 1.82) is 0 Å². The molecule has 5 aromatic rings. The van der Waals surface area contributed by atoms with Crippen LogP contribution in [0.5, 0.6) is 11.6 Å². The van der Waals surface area contributed by atoms with Crippen LogP contribution < -0.4 is 9.47 Å². The lowest BCUT2D eigenvalue weighted by atomic mass is 9.98. The Balaban J connectivity index is 1.24. The Bertz CT molecular complexity index is 2120. The lowest BCUT2D eigenvalue weighted by Gasteiger charge is -2.43. The van der Waals surface area contributed by atoms with Crippen molar-refractivity contribution < 1.29 is 56.8 Å². The van der Waals surface area contributed by atoms with Crippen molar-refractivity contribution in [2.24, 2.45) is 0 Å². The molecule has 1 fully saturated rings. The van der Waals surface area contributed by atoms with Crippen LogP contribution in [0.25, 0.3) is 5.65 Å². The summed E-state index contributed by atoms with van der Waals surface area (Å²) in [7, 11) is 0. The summed E-state index contributed by atoms with van der Waals surface area (Å²) in [6, 6.07) is 20.5. The molecule has 1 saturated heterocycles. The van der Waals surface area contributed by atoms with E-state index in [1.54, 1.807) is 30.5 Å². The van der Waals surface area contributed by atoms with Crippen molar-refractivity contribution in [3.63, 3.8) is 0 Å². The van der Waals surface area contributed by atoms with E-state index in [2.05, 4.69) is 15.9 Å². The number of fused-ring (bicyclic) bond motifs is 1. The van der Waals surface area contributed by atoms with E-state index in [1.807, 2.05) is 53.1 Å². The first kappa shape index (κ1) is 39.0. The van der Waals surface area contributed by atoms with Gasteiger partial charge in [-0.2, -0.15) is 0 Å². The summed E-state index contributed by atoms with van der Waals surface area (Å²) >= 11 is 3.56. The number of halogens is 1. The number of benzene rings is 2. The number of hydrogen-bond acceptors (Lipinski definition) is 14. The number of esters is 4. The van der Waals surface area contributed by atoms with Gasteiger partial charge in [0.05, 0.1) is 18.4 Å². The molecule has 55 heavy (non-hydrogen) atoms. The van der Waals surface area contributed by atoms with Crippen LogP contribution in [0.2, 0.25) is 0 Å². The second-order valence-electron chi connectivity index (χ2n) is 12.6. The molecule has 1 aliphatic rings. The van der Waals surface area contributed by atoms with E-state index >= 15 is 0 Å². The SMILES string of the molecule is CC(=O)OCC1OC(Oc2ccc(COc3c(Cc4ccco4)nc4c(Cc5ccccc5)nc(Br)cn34)cc2)C(OC(C)=O)C(OC(C)=O)C1OC(C)=O. The smallest absolute Gasteiger partial charge is 0.303 e. The second-order valence-corrected chi connectivity index (χ2v) is 13.4. The minimum Gasteiger partial charge on any atom is -0.472 e. The molecule has 1 aliphatic heterocycles. The molecule has 16 heteroatoms. The van der Waals surface area contributed by atoms with Crippen molar-refractivity contribution in [3.05, 3.63) is 112 Å². The fourth-order valence-corrected chi connectivity index (χ4v) is 6.51. The molecule has 0 amide bonds. The predicted molar refractivity (Wildman–Crippen MR) is 195 cm³/mol. The molecule has 0 aliphatic carbocycles. The summed E-state index contributed by atoms with van der Waals surface area (Å²) in [4.78, 5) is 57.8.